The number of para-hydroxylation sites is 1. The van der Waals surface area contributed by atoms with E-state index in [-0.39, 0.29) is 10.9 Å². The third-order valence-electron chi connectivity index (χ3n) is 3.75. The fourth-order valence-electron chi connectivity index (χ4n) is 2.65. The van der Waals surface area contributed by atoms with Gasteiger partial charge in [-0.15, -0.1) is 0 Å². The summed E-state index contributed by atoms with van der Waals surface area (Å²) in [6.07, 6.45) is 2.16. The Bertz CT molecular complexity index is 547. The number of rotatable bonds is 6. The average molecular weight is 298 g/mol. The predicted octanol–water partition coefficient (Wildman–Crippen LogP) is 0.735. The van der Waals surface area contributed by atoms with Crippen molar-refractivity contribution in [2.75, 3.05) is 25.1 Å². The summed E-state index contributed by atoms with van der Waals surface area (Å²) in [5, 5.41) is 0. The van der Waals surface area contributed by atoms with Crippen molar-refractivity contribution in [3.8, 4) is 0 Å². The molecule has 1 fully saturated rings. The van der Waals surface area contributed by atoms with Crippen LogP contribution in [-0.4, -0.2) is 39.0 Å². The van der Waals surface area contributed by atoms with Crippen molar-refractivity contribution in [1.82, 2.24) is 9.62 Å². The second-order valence-corrected chi connectivity index (χ2v) is 6.65. The number of nitrogen functional groups attached to an aromatic ring is 1. The van der Waals surface area contributed by atoms with Crippen molar-refractivity contribution in [1.29, 1.82) is 0 Å². The first kappa shape index (κ1) is 15.2. The lowest BCUT2D eigenvalue weighted by Gasteiger charge is -2.23. The zero-order valence-corrected chi connectivity index (χ0v) is 12.5. The molecule has 1 heterocycles. The number of benzene rings is 1. The van der Waals surface area contributed by atoms with Crippen LogP contribution in [0.2, 0.25) is 0 Å². The molecular formula is C13H22N4O2S. The second-order valence-electron chi connectivity index (χ2n) is 4.92. The fourth-order valence-corrected chi connectivity index (χ4v) is 3.89. The largest absolute Gasteiger partial charge is 0.323 e. The van der Waals surface area contributed by atoms with Crippen LogP contribution < -0.4 is 16.0 Å². The summed E-state index contributed by atoms with van der Waals surface area (Å²) in [7, 11) is -3.54. The highest BCUT2D eigenvalue weighted by molar-refractivity contribution is 7.89. The van der Waals surface area contributed by atoms with Crippen LogP contribution in [0.3, 0.4) is 0 Å². The van der Waals surface area contributed by atoms with E-state index in [4.69, 9.17) is 5.84 Å². The van der Waals surface area contributed by atoms with Gasteiger partial charge in [0.25, 0.3) is 0 Å². The molecule has 1 aromatic rings. The van der Waals surface area contributed by atoms with Gasteiger partial charge in [0.05, 0.1) is 5.69 Å². The van der Waals surface area contributed by atoms with Crippen LogP contribution in [0.5, 0.6) is 0 Å². The number of nitrogens with one attached hydrogen (secondary N) is 2. The van der Waals surface area contributed by atoms with E-state index in [1.165, 1.54) is 0 Å². The Hall–Kier alpha value is -1.15. The zero-order chi connectivity index (χ0) is 14.6. The van der Waals surface area contributed by atoms with Gasteiger partial charge in [0.1, 0.15) is 4.90 Å². The molecule has 1 saturated heterocycles. The zero-order valence-electron chi connectivity index (χ0n) is 11.7. The molecule has 112 valence electrons. The van der Waals surface area contributed by atoms with Crippen molar-refractivity contribution < 1.29 is 8.42 Å². The molecule has 0 amide bonds. The molecule has 0 saturated carbocycles. The third kappa shape index (κ3) is 3.29. The van der Waals surface area contributed by atoms with E-state index in [0.29, 0.717) is 12.2 Å². The lowest BCUT2D eigenvalue weighted by Crippen LogP contribution is -2.40. The van der Waals surface area contributed by atoms with Gasteiger partial charge >= 0.3 is 0 Å². The first-order valence-electron chi connectivity index (χ1n) is 6.88. The molecule has 4 N–H and O–H groups in total. The molecule has 1 unspecified atom stereocenters. The molecule has 1 aliphatic heterocycles. The first-order chi connectivity index (χ1) is 9.58. The maximum absolute atomic E-state index is 12.3. The minimum absolute atomic E-state index is 0.184. The van der Waals surface area contributed by atoms with Crippen LogP contribution in [0.4, 0.5) is 5.69 Å². The number of nitrogens with two attached hydrogens (primary N) is 1. The quantitative estimate of drug-likeness (QED) is 0.532. The highest BCUT2D eigenvalue weighted by Gasteiger charge is 2.25. The SMILES string of the molecule is CCN1CCCC1CNS(=O)(=O)c1ccccc1NN. The van der Waals surface area contributed by atoms with Crippen molar-refractivity contribution >= 4 is 15.7 Å². The summed E-state index contributed by atoms with van der Waals surface area (Å²) >= 11 is 0. The molecule has 0 aliphatic carbocycles. The van der Waals surface area contributed by atoms with Gasteiger partial charge in [-0.05, 0) is 38.1 Å². The van der Waals surface area contributed by atoms with Crippen LogP contribution in [0.15, 0.2) is 29.2 Å². The van der Waals surface area contributed by atoms with Crippen molar-refractivity contribution in [3.63, 3.8) is 0 Å². The predicted molar refractivity (Wildman–Crippen MR) is 79.7 cm³/mol. The third-order valence-corrected chi connectivity index (χ3v) is 5.23. The van der Waals surface area contributed by atoms with Crippen LogP contribution in [-0.2, 0) is 10.0 Å². The number of hydrazine groups is 1. The fraction of sp³-hybridized carbons (Fsp3) is 0.538. The maximum Gasteiger partial charge on any atom is 0.242 e. The van der Waals surface area contributed by atoms with E-state index in [0.717, 1.165) is 25.9 Å². The molecule has 7 heteroatoms. The second kappa shape index (κ2) is 6.53. The smallest absolute Gasteiger partial charge is 0.242 e. The van der Waals surface area contributed by atoms with Gasteiger partial charge in [0.2, 0.25) is 10.0 Å². The van der Waals surface area contributed by atoms with Gasteiger partial charge in [-0.25, -0.2) is 13.1 Å². The summed E-state index contributed by atoms with van der Waals surface area (Å²) in [6.45, 7) is 4.53. The van der Waals surface area contributed by atoms with Crippen LogP contribution >= 0.6 is 0 Å². The van der Waals surface area contributed by atoms with E-state index < -0.39 is 10.0 Å². The monoisotopic (exact) mass is 298 g/mol. The highest BCUT2D eigenvalue weighted by Crippen LogP contribution is 2.20. The highest BCUT2D eigenvalue weighted by atomic mass is 32.2. The summed E-state index contributed by atoms with van der Waals surface area (Å²) in [6, 6.07) is 6.90. The van der Waals surface area contributed by atoms with Gasteiger partial charge in [0, 0.05) is 12.6 Å². The molecule has 6 nitrogen and oxygen atoms in total. The number of nitrogens with zero attached hydrogens (tertiary/aromatic N) is 1. The van der Waals surface area contributed by atoms with Crippen molar-refractivity contribution in [3.05, 3.63) is 24.3 Å². The Morgan fingerprint density at radius 2 is 2.15 bits per heavy atom. The number of hydrogen-bond acceptors (Lipinski definition) is 5. The molecular weight excluding hydrogens is 276 g/mol. The molecule has 1 aromatic carbocycles. The minimum atomic E-state index is -3.54. The Kier molecular flexibility index (Phi) is 4.98. The molecule has 2 rings (SSSR count). The summed E-state index contributed by atoms with van der Waals surface area (Å²) < 4.78 is 27.4. The maximum atomic E-state index is 12.3. The molecule has 0 radical (unpaired) electrons. The molecule has 0 aromatic heterocycles. The lowest BCUT2D eigenvalue weighted by molar-refractivity contribution is 0.268. The van der Waals surface area contributed by atoms with Gasteiger partial charge in [-0.1, -0.05) is 19.1 Å². The minimum Gasteiger partial charge on any atom is -0.323 e. The van der Waals surface area contributed by atoms with Gasteiger partial charge in [-0.2, -0.15) is 0 Å². The Labute approximate surface area is 120 Å². The number of anilines is 1. The average Bonchev–Trinajstić information content (AvgIpc) is 2.92. The standard InChI is InChI=1S/C13H22N4O2S/c1-2-17-9-5-6-11(17)10-15-20(18,19)13-8-4-3-7-12(13)16-14/h3-4,7-8,11,15-16H,2,5-6,9-10,14H2,1H3. The van der Waals surface area contributed by atoms with E-state index in [1.807, 2.05) is 0 Å². The Morgan fingerprint density at radius 1 is 1.40 bits per heavy atom. The van der Waals surface area contributed by atoms with Gasteiger partial charge in [0.15, 0.2) is 0 Å². The van der Waals surface area contributed by atoms with Crippen molar-refractivity contribution in [2.45, 2.75) is 30.7 Å². The molecule has 0 bridgehead atoms. The van der Waals surface area contributed by atoms with E-state index in [2.05, 4.69) is 22.0 Å². The Balaban J connectivity index is 2.08. The number of likely N-dealkylation sites (tertiary alicyclic amines) is 1. The number of likely N-dealkylation sites (N-methyl/N-ethyl adjacent to an activating group) is 1. The Morgan fingerprint density at radius 3 is 2.85 bits per heavy atom. The van der Waals surface area contributed by atoms with Crippen molar-refractivity contribution in [2.24, 2.45) is 5.84 Å². The number of sulfonamides is 1. The van der Waals surface area contributed by atoms with Crippen LogP contribution in [0, 0.1) is 0 Å². The van der Waals surface area contributed by atoms with Gasteiger partial charge in [-0.3, -0.25) is 10.7 Å². The lowest BCUT2D eigenvalue weighted by atomic mass is 10.2. The topological polar surface area (TPSA) is 87.5 Å². The normalized spacial score (nSPS) is 20.2. The first-order valence-corrected chi connectivity index (χ1v) is 8.36. The van der Waals surface area contributed by atoms with E-state index >= 15 is 0 Å². The number of hydrogen-bond donors (Lipinski definition) is 3. The summed E-state index contributed by atoms with van der Waals surface area (Å²) in [5.74, 6) is 5.36. The van der Waals surface area contributed by atoms with Gasteiger partial charge < -0.3 is 5.43 Å². The van der Waals surface area contributed by atoms with E-state index in [1.54, 1.807) is 24.3 Å². The summed E-state index contributed by atoms with van der Waals surface area (Å²) in [4.78, 5) is 2.49. The molecule has 20 heavy (non-hydrogen) atoms. The molecule has 1 aliphatic rings. The van der Waals surface area contributed by atoms with Crippen LogP contribution in [0.25, 0.3) is 0 Å². The summed E-state index contributed by atoms with van der Waals surface area (Å²) in [5.41, 5.74) is 2.82. The molecule has 1 atom stereocenters. The van der Waals surface area contributed by atoms with Crippen LogP contribution in [0.1, 0.15) is 19.8 Å². The van der Waals surface area contributed by atoms with E-state index in [9.17, 15) is 8.42 Å². The molecule has 0 spiro atoms.